The molecule has 6 nitrogen and oxygen atoms in total. The summed E-state index contributed by atoms with van der Waals surface area (Å²) in [6.45, 7) is 7.40. The summed E-state index contributed by atoms with van der Waals surface area (Å²) in [4.78, 5) is 18.3. The molecular weight excluding hydrogens is 280 g/mol. The summed E-state index contributed by atoms with van der Waals surface area (Å²) < 4.78 is 5.79. The van der Waals surface area contributed by atoms with Gasteiger partial charge in [-0.05, 0) is 18.6 Å². The fourth-order valence-corrected chi connectivity index (χ4v) is 2.50. The van der Waals surface area contributed by atoms with Crippen molar-refractivity contribution in [1.29, 1.82) is 0 Å². The number of aromatic nitrogens is 3. The first-order chi connectivity index (χ1) is 10.4. The first-order valence-corrected chi connectivity index (χ1v) is 7.49. The van der Waals surface area contributed by atoms with Crippen molar-refractivity contribution in [2.24, 2.45) is 0 Å². The predicted octanol–water partition coefficient (Wildman–Crippen LogP) is 2.39. The standard InChI is InChI=1S/C16H20N4O2/c1-16(2,3)15-19-18-13(22-15)11-7-9-20(10-11)14(21)12-6-4-5-8-17-12/h4-6,8,11H,7,9-10H2,1-3H3. The minimum Gasteiger partial charge on any atom is -0.424 e. The van der Waals surface area contributed by atoms with Crippen molar-refractivity contribution < 1.29 is 9.21 Å². The van der Waals surface area contributed by atoms with E-state index >= 15 is 0 Å². The Morgan fingerprint density at radius 3 is 2.77 bits per heavy atom. The molecule has 1 fully saturated rings. The quantitative estimate of drug-likeness (QED) is 0.851. The lowest BCUT2D eigenvalue weighted by atomic mass is 9.97. The van der Waals surface area contributed by atoms with Crippen LogP contribution in [-0.4, -0.2) is 39.1 Å². The van der Waals surface area contributed by atoms with Crippen molar-refractivity contribution >= 4 is 5.91 Å². The largest absolute Gasteiger partial charge is 0.424 e. The second-order valence-corrected chi connectivity index (χ2v) is 6.65. The van der Waals surface area contributed by atoms with Crippen LogP contribution in [0.25, 0.3) is 0 Å². The van der Waals surface area contributed by atoms with Crippen LogP contribution in [0.3, 0.4) is 0 Å². The molecule has 1 aliphatic rings. The number of rotatable bonds is 2. The summed E-state index contributed by atoms with van der Waals surface area (Å²) in [5.74, 6) is 1.33. The Morgan fingerprint density at radius 2 is 2.14 bits per heavy atom. The first-order valence-electron chi connectivity index (χ1n) is 7.49. The van der Waals surface area contributed by atoms with Crippen LogP contribution < -0.4 is 0 Å². The maximum atomic E-state index is 12.4. The molecule has 1 saturated heterocycles. The van der Waals surface area contributed by atoms with E-state index in [1.807, 2.05) is 26.8 Å². The highest BCUT2D eigenvalue weighted by atomic mass is 16.4. The zero-order valence-electron chi connectivity index (χ0n) is 13.1. The zero-order chi connectivity index (χ0) is 15.7. The second-order valence-electron chi connectivity index (χ2n) is 6.65. The van der Waals surface area contributed by atoms with Gasteiger partial charge in [-0.25, -0.2) is 0 Å². The van der Waals surface area contributed by atoms with Gasteiger partial charge in [0.15, 0.2) is 0 Å². The topological polar surface area (TPSA) is 72.1 Å². The first kappa shape index (κ1) is 14.7. The summed E-state index contributed by atoms with van der Waals surface area (Å²) >= 11 is 0. The number of pyridine rings is 1. The van der Waals surface area contributed by atoms with Gasteiger partial charge in [0.25, 0.3) is 5.91 Å². The van der Waals surface area contributed by atoms with E-state index in [1.54, 1.807) is 23.2 Å². The van der Waals surface area contributed by atoms with Gasteiger partial charge in [-0.15, -0.1) is 10.2 Å². The van der Waals surface area contributed by atoms with E-state index in [4.69, 9.17) is 4.42 Å². The van der Waals surface area contributed by atoms with Crippen LogP contribution in [0.2, 0.25) is 0 Å². The summed E-state index contributed by atoms with van der Waals surface area (Å²) in [7, 11) is 0. The van der Waals surface area contributed by atoms with Crippen molar-refractivity contribution in [1.82, 2.24) is 20.1 Å². The molecule has 3 rings (SSSR count). The molecule has 3 heterocycles. The SMILES string of the molecule is CC(C)(C)c1nnc(C2CCN(C(=O)c3ccccn3)C2)o1. The third-order valence-corrected chi connectivity index (χ3v) is 3.79. The minimum absolute atomic E-state index is 0.0429. The molecule has 0 spiro atoms. The Bertz CT molecular complexity index is 660. The number of nitrogens with zero attached hydrogens (tertiary/aromatic N) is 4. The number of likely N-dealkylation sites (tertiary alicyclic amines) is 1. The molecule has 22 heavy (non-hydrogen) atoms. The summed E-state index contributed by atoms with van der Waals surface area (Å²) in [6.07, 6.45) is 2.47. The van der Waals surface area contributed by atoms with Crippen LogP contribution in [0.4, 0.5) is 0 Å². The molecule has 0 aliphatic carbocycles. The van der Waals surface area contributed by atoms with Gasteiger partial charge in [0.2, 0.25) is 11.8 Å². The number of carbonyl (C=O) groups excluding carboxylic acids is 1. The predicted molar refractivity (Wildman–Crippen MR) is 80.5 cm³/mol. The normalized spacial score (nSPS) is 18.7. The lowest BCUT2D eigenvalue weighted by Gasteiger charge is -2.15. The fourth-order valence-electron chi connectivity index (χ4n) is 2.50. The number of hydrogen-bond acceptors (Lipinski definition) is 5. The van der Waals surface area contributed by atoms with Gasteiger partial charge in [0.05, 0.1) is 5.92 Å². The lowest BCUT2D eigenvalue weighted by molar-refractivity contribution is 0.0784. The van der Waals surface area contributed by atoms with Gasteiger partial charge in [-0.1, -0.05) is 26.8 Å². The van der Waals surface area contributed by atoms with E-state index in [-0.39, 0.29) is 17.2 Å². The van der Waals surface area contributed by atoms with E-state index < -0.39 is 0 Å². The Balaban J connectivity index is 1.70. The molecule has 6 heteroatoms. The van der Waals surface area contributed by atoms with Crippen molar-refractivity contribution in [3.8, 4) is 0 Å². The zero-order valence-corrected chi connectivity index (χ0v) is 13.1. The molecule has 1 unspecified atom stereocenters. The maximum absolute atomic E-state index is 12.4. The Kier molecular flexibility index (Phi) is 3.68. The monoisotopic (exact) mass is 300 g/mol. The molecule has 1 atom stereocenters. The average Bonchev–Trinajstić information content (AvgIpc) is 3.15. The maximum Gasteiger partial charge on any atom is 0.272 e. The van der Waals surface area contributed by atoms with E-state index in [0.29, 0.717) is 30.6 Å². The molecule has 1 aliphatic heterocycles. The summed E-state index contributed by atoms with van der Waals surface area (Å²) in [5.41, 5.74) is 0.317. The molecule has 0 aromatic carbocycles. The molecule has 2 aromatic heterocycles. The van der Waals surface area contributed by atoms with E-state index in [0.717, 1.165) is 6.42 Å². The Morgan fingerprint density at radius 1 is 1.32 bits per heavy atom. The summed E-state index contributed by atoms with van der Waals surface area (Å²) in [6, 6.07) is 5.36. The van der Waals surface area contributed by atoms with Gasteiger partial charge in [-0.2, -0.15) is 0 Å². The van der Waals surface area contributed by atoms with Crippen LogP contribution in [0.15, 0.2) is 28.8 Å². The lowest BCUT2D eigenvalue weighted by Crippen LogP contribution is -2.29. The Hall–Kier alpha value is -2.24. The van der Waals surface area contributed by atoms with Crippen molar-refractivity contribution in [3.05, 3.63) is 41.9 Å². The molecule has 0 saturated carbocycles. The number of amides is 1. The Labute approximate surface area is 129 Å². The molecule has 0 bridgehead atoms. The fraction of sp³-hybridized carbons (Fsp3) is 0.500. The van der Waals surface area contributed by atoms with Crippen LogP contribution in [0.5, 0.6) is 0 Å². The van der Waals surface area contributed by atoms with Gasteiger partial charge < -0.3 is 9.32 Å². The van der Waals surface area contributed by atoms with E-state index in [1.165, 1.54) is 0 Å². The van der Waals surface area contributed by atoms with E-state index in [9.17, 15) is 4.79 Å². The highest BCUT2D eigenvalue weighted by Gasteiger charge is 2.33. The van der Waals surface area contributed by atoms with Crippen LogP contribution >= 0.6 is 0 Å². The van der Waals surface area contributed by atoms with E-state index in [2.05, 4.69) is 15.2 Å². The minimum atomic E-state index is -0.159. The van der Waals surface area contributed by atoms with Crippen molar-refractivity contribution in [2.75, 3.05) is 13.1 Å². The van der Waals surface area contributed by atoms with Gasteiger partial charge >= 0.3 is 0 Å². The third-order valence-electron chi connectivity index (χ3n) is 3.79. The number of carbonyl (C=O) groups is 1. The molecule has 0 radical (unpaired) electrons. The van der Waals surface area contributed by atoms with Crippen LogP contribution in [0.1, 0.15) is 55.4 Å². The van der Waals surface area contributed by atoms with Gasteiger partial charge in [0.1, 0.15) is 5.69 Å². The molecule has 1 amide bonds. The number of hydrogen-bond donors (Lipinski definition) is 0. The van der Waals surface area contributed by atoms with Crippen molar-refractivity contribution in [3.63, 3.8) is 0 Å². The smallest absolute Gasteiger partial charge is 0.272 e. The van der Waals surface area contributed by atoms with Crippen LogP contribution in [0, 0.1) is 0 Å². The van der Waals surface area contributed by atoms with Crippen molar-refractivity contribution in [2.45, 2.75) is 38.5 Å². The average molecular weight is 300 g/mol. The van der Waals surface area contributed by atoms with Gasteiger partial charge in [0, 0.05) is 24.7 Å². The third kappa shape index (κ3) is 2.86. The molecule has 116 valence electrons. The second kappa shape index (κ2) is 5.51. The summed E-state index contributed by atoms with van der Waals surface area (Å²) in [5, 5.41) is 8.29. The molecule has 2 aromatic rings. The molecular formula is C16H20N4O2. The van der Waals surface area contributed by atoms with Gasteiger partial charge in [-0.3, -0.25) is 9.78 Å². The molecule has 0 N–H and O–H groups in total. The highest BCUT2D eigenvalue weighted by Crippen LogP contribution is 2.29. The van der Waals surface area contributed by atoms with Crippen LogP contribution in [-0.2, 0) is 5.41 Å². The highest BCUT2D eigenvalue weighted by molar-refractivity contribution is 5.92.